The molecule has 1 amide bonds. The molecule has 1 fully saturated rings. The van der Waals surface area contributed by atoms with Crippen molar-refractivity contribution in [2.24, 2.45) is 0 Å². The Balaban J connectivity index is 1.30. The van der Waals surface area contributed by atoms with Gasteiger partial charge in [0.2, 0.25) is 0 Å². The predicted octanol–water partition coefficient (Wildman–Crippen LogP) is 5.05. The Labute approximate surface area is 237 Å². The number of fused-ring (bicyclic) bond motifs is 1. The van der Waals surface area contributed by atoms with E-state index in [4.69, 9.17) is 0 Å². The molecule has 0 spiro atoms. The third kappa shape index (κ3) is 5.62. The second-order valence-electron chi connectivity index (χ2n) is 10.6. The number of rotatable bonds is 6. The number of nitrogens with one attached hydrogen (secondary N) is 2. The number of carbonyl (C=O) groups excluding carboxylic acids is 1. The maximum absolute atomic E-state index is 14.3. The number of benzene rings is 3. The van der Waals surface area contributed by atoms with E-state index >= 15 is 0 Å². The molecular weight excluding hydrogens is 519 g/mol. The van der Waals surface area contributed by atoms with Gasteiger partial charge in [0.25, 0.3) is 5.91 Å². The van der Waals surface area contributed by atoms with E-state index in [-0.39, 0.29) is 17.2 Å². The van der Waals surface area contributed by atoms with Crippen molar-refractivity contribution >= 4 is 22.5 Å². The van der Waals surface area contributed by atoms with Crippen molar-refractivity contribution in [1.82, 2.24) is 25.2 Å². The molecule has 1 saturated heterocycles. The van der Waals surface area contributed by atoms with Gasteiger partial charge in [-0.1, -0.05) is 18.2 Å². The number of likely N-dealkylation sites (N-methyl/N-ethyl adjacent to an activating group) is 1. The molecule has 2 aromatic heterocycles. The Kier molecular flexibility index (Phi) is 7.11. The Morgan fingerprint density at radius 1 is 1.00 bits per heavy atom. The number of aryl methyl sites for hydroxylation is 1. The van der Waals surface area contributed by atoms with Crippen LogP contribution in [0.5, 0.6) is 5.75 Å². The molecule has 0 unspecified atom stereocenters. The summed E-state index contributed by atoms with van der Waals surface area (Å²) in [5.41, 5.74) is 4.71. The van der Waals surface area contributed by atoms with Crippen LogP contribution in [0.2, 0.25) is 0 Å². The van der Waals surface area contributed by atoms with Crippen LogP contribution >= 0.6 is 0 Å². The van der Waals surface area contributed by atoms with Crippen molar-refractivity contribution in [2.75, 3.05) is 38.1 Å². The number of H-pyrrole nitrogens is 1. The first-order valence-corrected chi connectivity index (χ1v) is 13.6. The van der Waals surface area contributed by atoms with E-state index < -0.39 is 11.9 Å². The van der Waals surface area contributed by atoms with Crippen LogP contribution in [-0.2, 0) is 0 Å². The molecule has 208 valence electrons. The number of phenols is 1. The molecule has 3 heterocycles. The number of para-hydroxylation sites is 1. The number of aromatic hydroxyl groups is 1. The number of hydrogen-bond acceptors (Lipinski definition) is 6. The molecule has 5 aromatic rings. The van der Waals surface area contributed by atoms with E-state index in [0.29, 0.717) is 17.1 Å². The molecule has 0 aliphatic carbocycles. The Morgan fingerprint density at radius 3 is 2.51 bits per heavy atom. The largest absolute Gasteiger partial charge is 0.508 e. The van der Waals surface area contributed by atoms with Gasteiger partial charge in [-0.05, 0) is 73.5 Å². The van der Waals surface area contributed by atoms with Gasteiger partial charge in [0, 0.05) is 54.1 Å². The van der Waals surface area contributed by atoms with Gasteiger partial charge in [0.15, 0.2) is 5.82 Å². The van der Waals surface area contributed by atoms with Gasteiger partial charge in [-0.2, -0.15) is 0 Å². The molecule has 9 heteroatoms. The Bertz CT molecular complexity index is 1680. The summed E-state index contributed by atoms with van der Waals surface area (Å²) in [6, 6.07) is 17.9. The van der Waals surface area contributed by atoms with Crippen molar-refractivity contribution in [3.05, 3.63) is 107 Å². The summed E-state index contributed by atoms with van der Waals surface area (Å²) >= 11 is 0. The first kappa shape index (κ1) is 26.5. The monoisotopic (exact) mass is 550 g/mol. The normalized spacial score (nSPS) is 14.8. The first-order chi connectivity index (χ1) is 19.8. The molecule has 0 saturated carbocycles. The quantitative estimate of drug-likeness (QED) is 0.274. The van der Waals surface area contributed by atoms with Crippen LogP contribution in [0.1, 0.15) is 33.2 Å². The summed E-state index contributed by atoms with van der Waals surface area (Å²) in [6.07, 6.45) is 3.66. The highest BCUT2D eigenvalue weighted by Gasteiger charge is 2.24. The molecule has 41 heavy (non-hydrogen) atoms. The molecule has 3 N–H and O–H groups in total. The van der Waals surface area contributed by atoms with E-state index in [9.17, 15) is 14.3 Å². The van der Waals surface area contributed by atoms with E-state index in [1.54, 1.807) is 12.1 Å². The Morgan fingerprint density at radius 2 is 1.76 bits per heavy atom. The van der Waals surface area contributed by atoms with Gasteiger partial charge < -0.3 is 25.2 Å². The van der Waals surface area contributed by atoms with Gasteiger partial charge in [0.05, 0.1) is 24.1 Å². The lowest BCUT2D eigenvalue weighted by Gasteiger charge is -2.33. The van der Waals surface area contributed by atoms with E-state index in [1.807, 2.05) is 55.7 Å². The zero-order valence-corrected chi connectivity index (χ0v) is 22.9. The van der Waals surface area contributed by atoms with Crippen molar-refractivity contribution in [1.29, 1.82) is 0 Å². The molecule has 6 rings (SSSR count). The Hall–Kier alpha value is -4.76. The minimum atomic E-state index is -0.825. The minimum absolute atomic E-state index is 0.117. The number of aromatic amines is 1. The highest BCUT2D eigenvalue weighted by atomic mass is 19.1. The number of carbonyl (C=O) groups is 1. The first-order valence-electron chi connectivity index (χ1n) is 13.6. The molecule has 1 aliphatic heterocycles. The van der Waals surface area contributed by atoms with E-state index in [2.05, 4.69) is 37.1 Å². The third-order valence-corrected chi connectivity index (χ3v) is 7.54. The van der Waals surface area contributed by atoms with Gasteiger partial charge in [-0.25, -0.2) is 14.4 Å². The molecule has 1 atom stereocenters. The number of aromatic nitrogens is 3. The van der Waals surface area contributed by atoms with Crippen molar-refractivity contribution in [3.63, 3.8) is 0 Å². The molecule has 8 nitrogen and oxygen atoms in total. The van der Waals surface area contributed by atoms with Gasteiger partial charge >= 0.3 is 0 Å². The van der Waals surface area contributed by atoms with Crippen LogP contribution in [0.3, 0.4) is 0 Å². The van der Waals surface area contributed by atoms with E-state index in [0.717, 1.165) is 53.9 Å². The lowest BCUT2D eigenvalue weighted by atomic mass is 10.0. The summed E-state index contributed by atoms with van der Waals surface area (Å²) in [5, 5.41) is 14.6. The van der Waals surface area contributed by atoms with Crippen LogP contribution in [0.4, 0.5) is 10.1 Å². The SMILES string of the molecule is Cc1cc(C(=O)N[C@@H](c2cc3ccccc3[nH]2)c2cc(F)ccc2O)cc(-c2ncc(N3CCN(C)CC3)cn2)c1. The van der Waals surface area contributed by atoms with Crippen molar-refractivity contribution < 1.29 is 14.3 Å². The van der Waals surface area contributed by atoms with Crippen LogP contribution in [0.25, 0.3) is 22.3 Å². The summed E-state index contributed by atoms with van der Waals surface area (Å²) in [4.78, 5) is 30.8. The summed E-state index contributed by atoms with van der Waals surface area (Å²) in [7, 11) is 2.12. The lowest BCUT2D eigenvalue weighted by molar-refractivity contribution is 0.0942. The van der Waals surface area contributed by atoms with Crippen LogP contribution in [-0.4, -0.2) is 64.1 Å². The summed E-state index contributed by atoms with van der Waals surface area (Å²) < 4.78 is 14.3. The summed E-state index contributed by atoms with van der Waals surface area (Å²) in [6.45, 7) is 5.74. The zero-order chi connectivity index (χ0) is 28.5. The van der Waals surface area contributed by atoms with E-state index in [1.165, 1.54) is 18.2 Å². The fourth-order valence-corrected chi connectivity index (χ4v) is 5.29. The van der Waals surface area contributed by atoms with Crippen molar-refractivity contribution in [2.45, 2.75) is 13.0 Å². The molecule has 0 radical (unpaired) electrons. The molecular formula is C32H31FN6O2. The molecule has 3 aromatic carbocycles. The highest BCUT2D eigenvalue weighted by Crippen LogP contribution is 2.32. The minimum Gasteiger partial charge on any atom is -0.508 e. The number of amides is 1. The maximum atomic E-state index is 14.3. The predicted molar refractivity (Wildman–Crippen MR) is 158 cm³/mol. The molecule has 1 aliphatic rings. The smallest absolute Gasteiger partial charge is 0.252 e. The number of anilines is 1. The average Bonchev–Trinajstić information content (AvgIpc) is 3.41. The zero-order valence-electron chi connectivity index (χ0n) is 22.9. The number of phenolic OH excluding ortho intramolecular Hbond substituents is 1. The average molecular weight is 551 g/mol. The third-order valence-electron chi connectivity index (χ3n) is 7.54. The second-order valence-corrected chi connectivity index (χ2v) is 10.6. The number of halogens is 1. The fourth-order valence-electron chi connectivity index (χ4n) is 5.29. The van der Waals surface area contributed by atoms with Gasteiger partial charge in [0.1, 0.15) is 11.6 Å². The van der Waals surface area contributed by atoms with Crippen molar-refractivity contribution in [3.8, 4) is 17.1 Å². The number of hydrogen-bond donors (Lipinski definition) is 3. The van der Waals surface area contributed by atoms with Crippen LogP contribution in [0.15, 0.2) is 79.1 Å². The maximum Gasteiger partial charge on any atom is 0.252 e. The van der Waals surface area contributed by atoms with Crippen LogP contribution < -0.4 is 10.2 Å². The highest BCUT2D eigenvalue weighted by molar-refractivity contribution is 5.96. The second kappa shape index (κ2) is 11.0. The topological polar surface area (TPSA) is 97.4 Å². The fraction of sp³-hybridized carbons (Fsp3) is 0.219. The lowest BCUT2D eigenvalue weighted by Crippen LogP contribution is -2.44. The number of nitrogens with zero attached hydrogens (tertiary/aromatic N) is 4. The van der Waals surface area contributed by atoms with Crippen LogP contribution in [0, 0.1) is 12.7 Å². The number of piperazine rings is 1. The van der Waals surface area contributed by atoms with Gasteiger partial charge in [-0.3, -0.25) is 4.79 Å². The standard InChI is InChI=1S/C32H31FN6O2/c1-20-13-22(31-34-18-25(19-35-31)39-11-9-38(2)10-12-39)15-23(14-20)32(41)37-30(26-17-24(33)7-8-29(26)40)28-16-21-5-3-4-6-27(21)36-28/h3-8,13-19,30,36,40H,9-12H2,1-2H3,(H,37,41)/t30-/m1/s1. The van der Waals surface area contributed by atoms with Gasteiger partial charge in [-0.15, -0.1) is 0 Å². The molecule has 0 bridgehead atoms. The summed E-state index contributed by atoms with van der Waals surface area (Å²) in [5.74, 6) is -0.482.